The van der Waals surface area contributed by atoms with Crippen LogP contribution in [0.2, 0.25) is 0 Å². The monoisotopic (exact) mass is 335 g/mol. The Labute approximate surface area is 140 Å². The van der Waals surface area contributed by atoms with E-state index in [0.29, 0.717) is 16.4 Å². The van der Waals surface area contributed by atoms with Gasteiger partial charge in [-0.15, -0.1) is 0 Å². The van der Waals surface area contributed by atoms with Crippen LogP contribution in [0.15, 0.2) is 59.4 Å². The first-order valence-electron chi connectivity index (χ1n) is 7.22. The molecule has 0 saturated carbocycles. The van der Waals surface area contributed by atoms with Crippen molar-refractivity contribution in [3.05, 3.63) is 71.7 Å². The molecule has 0 radical (unpaired) electrons. The number of nitrogens with zero attached hydrogens (tertiary/aromatic N) is 3. The van der Waals surface area contributed by atoms with Gasteiger partial charge in [0.15, 0.2) is 11.5 Å². The highest BCUT2D eigenvalue weighted by Gasteiger charge is 2.39. The van der Waals surface area contributed by atoms with Crippen LogP contribution in [0.1, 0.15) is 31.2 Å². The SMILES string of the molecule is O=C(ON1C(=O)c2ccccc2C1=O)c1cc(-c2ccncc2)on1. The predicted molar refractivity (Wildman–Crippen MR) is 82.1 cm³/mol. The molecule has 8 heteroatoms. The molecule has 1 aliphatic heterocycles. The molecule has 0 atom stereocenters. The number of fused-ring (bicyclic) bond motifs is 1. The van der Waals surface area contributed by atoms with Gasteiger partial charge in [-0.25, -0.2) is 4.79 Å². The number of carbonyl (C=O) groups excluding carboxylic acids is 3. The number of hydrogen-bond acceptors (Lipinski definition) is 7. The number of carbonyl (C=O) groups is 3. The van der Waals surface area contributed by atoms with Crippen LogP contribution in [0, 0.1) is 0 Å². The van der Waals surface area contributed by atoms with E-state index in [1.54, 1.807) is 36.7 Å². The van der Waals surface area contributed by atoms with Gasteiger partial charge in [0.1, 0.15) is 0 Å². The van der Waals surface area contributed by atoms with E-state index in [9.17, 15) is 14.4 Å². The van der Waals surface area contributed by atoms with Crippen LogP contribution in [0.4, 0.5) is 0 Å². The third kappa shape index (κ3) is 2.45. The normalized spacial score (nSPS) is 13.0. The molecule has 0 bridgehead atoms. The standard InChI is InChI=1S/C17H9N3O5/c21-15-11-3-1-2-4-12(11)16(22)20(15)25-17(23)13-9-14(24-19-13)10-5-7-18-8-6-10/h1-9H. The second kappa shape index (κ2) is 5.68. The maximum atomic E-state index is 12.2. The van der Waals surface area contributed by atoms with Crippen molar-refractivity contribution in [1.29, 1.82) is 0 Å². The summed E-state index contributed by atoms with van der Waals surface area (Å²) < 4.78 is 5.08. The summed E-state index contributed by atoms with van der Waals surface area (Å²) in [7, 11) is 0. The summed E-state index contributed by atoms with van der Waals surface area (Å²) in [5.74, 6) is -2.05. The molecule has 0 spiro atoms. The van der Waals surface area contributed by atoms with Gasteiger partial charge >= 0.3 is 5.97 Å². The average Bonchev–Trinajstić information content (AvgIpc) is 3.23. The molecular weight excluding hydrogens is 326 g/mol. The number of amides is 2. The van der Waals surface area contributed by atoms with E-state index in [4.69, 9.17) is 9.36 Å². The van der Waals surface area contributed by atoms with Gasteiger partial charge in [0.2, 0.25) is 0 Å². The number of rotatable bonds is 3. The highest BCUT2D eigenvalue weighted by atomic mass is 16.7. The van der Waals surface area contributed by atoms with E-state index in [0.717, 1.165) is 0 Å². The second-order valence-electron chi connectivity index (χ2n) is 5.14. The Bertz CT molecular complexity index is 961. The third-order valence-corrected chi connectivity index (χ3v) is 3.62. The molecule has 3 aromatic rings. The van der Waals surface area contributed by atoms with Crippen LogP contribution in [0.5, 0.6) is 0 Å². The van der Waals surface area contributed by atoms with Crippen LogP contribution in [-0.4, -0.2) is 33.0 Å². The molecule has 25 heavy (non-hydrogen) atoms. The molecule has 122 valence electrons. The summed E-state index contributed by atoms with van der Waals surface area (Å²) in [5.41, 5.74) is 0.863. The number of aromatic nitrogens is 2. The Morgan fingerprint density at radius 2 is 1.64 bits per heavy atom. The van der Waals surface area contributed by atoms with Crippen molar-refractivity contribution in [3.63, 3.8) is 0 Å². The topological polar surface area (TPSA) is 103 Å². The first kappa shape index (κ1) is 14.8. The lowest BCUT2D eigenvalue weighted by atomic mass is 10.1. The van der Waals surface area contributed by atoms with Crippen molar-refractivity contribution >= 4 is 17.8 Å². The summed E-state index contributed by atoms with van der Waals surface area (Å²) in [6.45, 7) is 0. The molecule has 0 fully saturated rings. The fraction of sp³-hybridized carbons (Fsp3) is 0. The summed E-state index contributed by atoms with van der Waals surface area (Å²) >= 11 is 0. The predicted octanol–water partition coefficient (Wildman–Crippen LogP) is 2.10. The lowest BCUT2D eigenvalue weighted by Gasteiger charge is -2.10. The van der Waals surface area contributed by atoms with E-state index in [2.05, 4.69) is 10.1 Å². The molecular formula is C17H9N3O5. The van der Waals surface area contributed by atoms with Gasteiger partial charge in [-0.05, 0) is 24.3 Å². The molecule has 0 aliphatic carbocycles. The van der Waals surface area contributed by atoms with Crippen LogP contribution in [0.25, 0.3) is 11.3 Å². The van der Waals surface area contributed by atoms with Gasteiger partial charge in [0.05, 0.1) is 11.1 Å². The number of pyridine rings is 1. The quantitative estimate of drug-likeness (QED) is 0.675. The average molecular weight is 335 g/mol. The lowest BCUT2D eigenvalue weighted by molar-refractivity contribution is -0.0590. The van der Waals surface area contributed by atoms with Crippen LogP contribution in [-0.2, 0) is 4.84 Å². The Kier molecular flexibility index (Phi) is 3.35. The van der Waals surface area contributed by atoms with Crippen LogP contribution < -0.4 is 0 Å². The zero-order valence-corrected chi connectivity index (χ0v) is 12.6. The largest absolute Gasteiger partial charge is 0.385 e. The van der Waals surface area contributed by atoms with Gasteiger partial charge < -0.3 is 9.36 Å². The maximum Gasteiger partial charge on any atom is 0.385 e. The van der Waals surface area contributed by atoms with Crippen LogP contribution in [0.3, 0.4) is 0 Å². The van der Waals surface area contributed by atoms with E-state index in [1.807, 2.05) is 0 Å². The number of hydroxylamine groups is 2. The molecule has 8 nitrogen and oxygen atoms in total. The van der Waals surface area contributed by atoms with Crippen molar-refractivity contribution in [3.8, 4) is 11.3 Å². The molecule has 0 N–H and O–H groups in total. The van der Waals surface area contributed by atoms with E-state index < -0.39 is 17.8 Å². The number of benzene rings is 1. The fourth-order valence-corrected chi connectivity index (χ4v) is 2.40. The van der Waals surface area contributed by atoms with Gasteiger partial charge in [0.25, 0.3) is 11.8 Å². The highest BCUT2D eigenvalue weighted by Crippen LogP contribution is 2.24. The highest BCUT2D eigenvalue weighted by molar-refractivity contribution is 6.21. The van der Waals surface area contributed by atoms with Crippen LogP contribution >= 0.6 is 0 Å². The zero-order chi connectivity index (χ0) is 17.4. The number of imide groups is 1. The van der Waals surface area contributed by atoms with Crippen molar-refractivity contribution < 1.29 is 23.7 Å². The van der Waals surface area contributed by atoms with Crippen molar-refractivity contribution in [2.45, 2.75) is 0 Å². The van der Waals surface area contributed by atoms with E-state index >= 15 is 0 Å². The third-order valence-electron chi connectivity index (χ3n) is 3.62. The smallest absolute Gasteiger partial charge is 0.355 e. The molecule has 1 aromatic carbocycles. The number of hydrogen-bond donors (Lipinski definition) is 0. The molecule has 3 heterocycles. The summed E-state index contributed by atoms with van der Waals surface area (Å²) in [6.07, 6.45) is 3.13. The molecule has 0 saturated heterocycles. The van der Waals surface area contributed by atoms with Crippen molar-refractivity contribution in [1.82, 2.24) is 15.2 Å². The minimum Gasteiger partial charge on any atom is -0.355 e. The summed E-state index contributed by atoms with van der Waals surface area (Å²) in [4.78, 5) is 45.3. The second-order valence-corrected chi connectivity index (χ2v) is 5.14. The lowest BCUT2D eigenvalue weighted by Crippen LogP contribution is -2.32. The Balaban J connectivity index is 1.55. The molecule has 1 aliphatic rings. The molecule has 0 unspecified atom stereocenters. The fourth-order valence-electron chi connectivity index (χ4n) is 2.40. The first-order valence-corrected chi connectivity index (χ1v) is 7.22. The zero-order valence-electron chi connectivity index (χ0n) is 12.6. The van der Waals surface area contributed by atoms with Crippen molar-refractivity contribution in [2.75, 3.05) is 0 Å². The Hall–Kier alpha value is -3.81. The van der Waals surface area contributed by atoms with Crippen molar-refractivity contribution in [2.24, 2.45) is 0 Å². The minimum absolute atomic E-state index is 0.164. The first-order chi connectivity index (χ1) is 12.1. The van der Waals surface area contributed by atoms with E-state index in [-0.39, 0.29) is 16.8 Å². The van der Waals surface area contributed by atoms with Gasteiger partial charge in [-0.2, -0.15) is 0 Å². The van der Waals surface area contributed by atoms with Gasteiger partial charge in [0, 0.05) is 24.0 Å². The molecule has 2 amide bonds. The summed E-state index contributed by atoms with van der Waals surface area (Å²) in [5, 5.41) is 4.04. The van der Waals surface area contributed by atoms with E-state index in [1.165, 1.54) is 18.2 Å². The summed E-state index contributed by atoms with van der Waals surface area (Å²) in [6, 6.07) is 10.9. The Morgan fingerprint density at radius 3 is 2.28 bits per heavy atom. The molecule has 4 rings (SSSR count). The minimum atomic E-state index is -0.974. The Morgan fingerprint density at radius 1 is 1.00 bits per heavy atom. The molecule has 2 aromatic heterocycles. The van der Waals surface area contributed by atoms with Gasteiger partial charge in [-0.1, -0.05) is 22.4 Å². The van der Waals surface area contributed by atoms with Gasteiger partial charge in [-0.3, -0.25) is 14.6 Å². The maximum absolute atomic E-state index is 12.2.